The highest BCUT2D eigenvalue weighted by Gasteiger charge is 2.38. The van der Waals surface area contributed by atoms with E-state index in [2.05, 4.69) is 4.99 Å². The Morgan fingerprint density at radius 2 is 1.79 bits per heavy atom. The number of carboxylic acids is 2. The van der Waals surface area contributed by atoms with Crippen LogP contribution in [-0.4, -0.2) is 52.0 Å². The lowest BCUT2D eigenvalue weighted by atomic mass is 9.84. The van der Waals surface area contributed by atoms with Gasteiger partial charge in [-0.15, -0.1) is 0 Å². The first kappa shape index (κ1) is 17.9. The summed E-state index contributed by atoms with van der Waals surface area (Å²) in [6, 6.07) is 13.3. The molecule has 2 aliphatic rings. The van der Waals surface area contributed by atoms with Crippen molar-refractivity contribution in [2.45, 2.75) is 12.0 Å². The normalized spacial score (nSPS) is 21.0. The van der Waals surface area contributed by atoms with Crippen LogP contribution in [0.1, 0.15) is 22.6 Å². The molecule has 0 radical (unpaired) electrons. The van der Waals surface area contributed by atoms with Crippen molar-refractivity contribution in [1.29, 1.82) is 0 Å². The van der Waals surface area contributed by atoms with E-state index in [4.69, 9.17) is 5.11 Å². The second-order valence-corrected chi connectivity index (χ2v) is 6.81. The fraction of sp³-hybridized carbons (Fsp3) is 0.190. The van der Waals surface area contributed by atoms with Crippen molar-refractivity contribution < 1.29 is 24.2 Å². The predicted molar refractivity (Wildman–Crippen MR) is 99.9 cm³/mol. The Kier molecular flexibility index (Phi) is 4.43. The van der Waals surface area contributed by atoms with Gasteiger partial charge in [0.15, 0.2) is 0 Å². The fourth-order valence-corrected chi connectivity index (χ4v) is 3.87. The topological polar surface area (TPSA) is 90.2 Å². The molecular formula is C21H17FN2O4. The number of carboxylic acid groups (broad SMARTS) is 2. The zero-order valence-corrected chi connectivity index (χ0v) is 14.7. The van der Waals surface area contributed by atoms with E-state index in [-0.39, 0.29) is 23.9 Å². The van der Waals surface area contributed by atoms with Gasteiger partial charge in [-0.25, -0.2) is 14.0 Å². The van der Waals surface area contributed by atoms with Crippen molar-refractivity contribution in [3.05, 3.63) is 82.7 Å². The number of fused-ring (bicyclic) bond motifs is 3. The largest absolute Gasteiger partial charge is 0.478 e. The molecule has 0 aromatic heterocycles. The average Bonchev–Trinajstić information content (AvgIpc) is 3.10. The van der Waals surface area contributed by atoms with Crippen LogP contribution in [0, 0.1) is 5.82 Å². The minimum atomic E-state index is -1.31. The van der Waals surface area contributed by atoms with Crippen molar-refractivity contribution in [3.8, 4) is 0 Å². The lowest BCUT2D eigenvalue weighted by Crippen LogP contribution is -2.39. The summed E-state index contributed by atoms with van der Waals surface area (Å²) in [5, 5.41) is 18.4. The molecule has 2 heterocycles. The van der Waals surface area contributed by atoms with Crippen LogP contribution in [0.25, 0.3) is 0 Å². The number of benzene rings is 2. The van der Waals surface area contributed by atoms with Gasteiger partial charge < -0.3 is 15.1 Å². The van der Waals surface area contributed by atoms with E-state index in [1.54, 1.807) is 12.1 Å². The van der Waals surface area contributed by atoms with Crippen LogP contribution in [0.5, 0.6) is 0 Å². The number of hydrogen-bond donors (Lipinski definition) is 2. The zero-order chi connectivity index (χ0) is 19.8. The van der Waals surface area contributed by atoms with Crippen molar-refractivity contribution in [1.82, 2.24) is 4.90 Å². The molecule has 2 N–H and O–H groups in total. The Bertz CT molecular complexity index is 1010. The van der Waals surface area contributed by atoms with Crippen LogP contribution in [0.3, 0.4) is 0 Å². The minimum Gasteiger partial charge on any atom is -0.478 e. The van der Waals surface area contributed by atoms with E-state index >= 15 is 0 Å². The number of aliphatic imine (C=N–C) groups is 1. The smallest absolute Gasteiger partial charge is 0.334 e. The van der Waals surface area contributed by atoms with Crippen molar-refractivity contribution in [2.75, 3.05) is 13.1 Å². The molecule has 7 heteroatoms. The summed E-state index contributed by atoms with van der Waals surface area (Å²) in [7, 11) is 0. The number of amidine groups is 1. The second kappa shape index (κ2) is 6.92. The summed E-state index contributed by atoms with van der Waals surface area (Å²) in [6.07, 6.45) is 0.707. The fourth-order valence-electron chi connectivity index (χ4n) is 3.87. The molecule has 2 aromatic carbocycles. The molecule has 2 aliphatic heterocycles. The average molecular weight is 380 g/mol. The van der Waals surface area contributed by atoms with Crippen LogP contribution in [0.2, 0.25) is 0 Å². The first-order valence-electron chi connectivity index (χ1n) is 8.79. The molecule has 0 spiro atoms. The maximum absolute atomic E-state index is 13.3. The Labute approximate surface area is 160 Å². The van der Waals surface area contributed by atoms with Gasteiger partial charge in [0.05, 0.1) is 5.57 Å². The second-order valence-electron chi connectivity index (χ2n) is 6.81. The van der Waals surface area contributed by atoms with Crippen molar-refractivity contribution in [2.24, 2.45) is 4.99 Å². The van der Waals surface area contributed by atoms with E-state index in [0.29, 0.717) is 18.5 Å². The molecule has 2 atom stereocenters. The highest BCUT2D eigenvalue weighted by atomic mass is 19.1. The number of aliphatic carboxylic acids is 2. The summed E-state index contributed by atoms with van der Waals surface area (Å²) in [5.74, 6) is -2.27. The standard InChI is InChI=1S/C21H17FN2O4/c22-13-7-5-12(6-8-13)17-10-24-11-18(16(21(27)28)9-19(25)26)23-20(24)15-4-2-1-3-14(15)17/h1-9,17-18H,10-11H2,(H,25,26)(H,27,28). The van der Waals surface area contributed by atoms with Crippen LogP contribution >= 0.6 is 0 Å². The van der Waals surface area contributed by atoms with Crippen LogP contribution in [0.15, 0.2) is 65.2 Å². The van der Waals surface area contributed by atoms with Crippen molar-refractivity contribution >= 4 is 17.8 Å². The van der Waals surface area contributed by atoms with Gasteiger partial charge in [0, 0.05) is 30.6 Å². The summed E-state index contributed by atoms with van der Waals surface area (Å²) in [6.45, 7) is 0.838. The number of halogens is 1. The van der Waals surface area contributed by atoms with Gasteiger partial charge in [0.2, 0.25) is 0 Å². The summed E-state index contributed by atoms with van der Waals surface area (Å²) in [4.78, 5) is 29.1. The number of hydrogen-bond acceptors (Lipinski definition) is 4. The lowest BCUT2D eigenvalue weighted by Gasteiger charge is -2.34. The van der Waals surface area contributed by atoms with Crippen LogP contribution in [-0.2, 0) is 9.59 Å². The van der Waals surface area contributed by atoms with Gasteiger partial charge in [-0.3, -0.25) is 4.99 Å². The highest BCUT2D eigenvalue weighted by molar-refractivity contribution is 6.04. The number of carbonyl (C=O) groups is 2. The molecule has 0 saturated carbocycles. The Morgan fingerprint density at radius 1 is 1.07 bits per heavy atom. The molecule has 2 aromatic rings. The molecule has 2 unspecified atom stereocenters. The molecule has 0 amide bonds. The van der Waals surface area contributed by atoms with Crippen LogP contribution in [0.4, 0.5) is 4.39 Å². The van der Waals surface area contributed by atoms with E-state index in [1.807, 2.05) is 29.2 Å². The summed E-state index contributed by atoms with van der Waals surface area (Å²) < 4.78 is 13.3. The molecule has 6 nitrogen and oxygen atoms in total. The van der Waals surface area contributed by atoms with E-state index < -0.39 is 18.0 Å². The zero-order valence-electron chi connectivity index (χ0n) is 14.7. The number of nitrogens with zero attached hydrogens (tertiary/aromatic N) is 2. The van der Waals surface area contributed by atoms with Gasteiger partial charge in [0.25, 0.3) is 0 Å². The highest BCUT2D eigenvalue weighted by Crippen LogP contribution is 2.36. The molecule has 0 bridgehead atoms. The van der Waals surface area contributed by atoms with Crippen LogP contribution < -0.4 is 0 Å². The first-order valence-corrected chi connectivity index (χ1v) is 8.79. The first-order chi connectivity index (χ1) is 13.4. The quantitative estimate of drug-likeness (QED) is 0.796. The van der Waals surface area contributed by atoms with Gasteiger partial charge >= 0.3 is 11.9 Å². The van der Waals surface area contributed by atoms with Gasteiger partial charge in [-0.05, 0) is 23.3 Å². The van der Waals surface area contributed by atoms with Gasteiger partial charge in [0.1, 0.15) is 17.7 Å². The lowest BCUT2D eigenvalue weighted by molar-refractivity contribution is -0.135. The SMILES string of the molecule is O=C(O)C=C(C(=O)O)C1CN2CC(c3ccc(F)cc3)c3ccccc3C2=N1. The maximum Gasteiger partial charge on any atom is 0.334 e. The van der Waals surface area contributed by atoms with Gasteiger partial charge in [-0.1, -0.05) is 36.4 Å². The number of rotatable bonds is 4. The predicted octanol–water partition coefficient (Wildman–Crippen LogP) is 2.50. The minimum absolute atomic E-state index is 0.0220. The van der Waals surface area contributed by atoms with Gasteiger partial charge in [-0.2, -0.15) is 0 Å². The molecule has 142 valence electrons. The molecule has 4 rings (SSSR count). The van der Waals surface area contributed by atoms with E-state index in [1.165, 1.54) is 12.1 Å². The molecular weight excluding hydrogens is 363 g/mol. The molecule has 0 saturated heterocycles. The molecule has 0 aliphatic carbocycles. The Morgan fingerprint density at radius 3 is 2.46 bits per heavy atom. The van der Waals surface area contributed by atoms with E-state index in [9.17, 15) is 19.1 Å². The van der Waals surface area contributed by atoms with Crippen molar-refractivity contribution in [3.63, 3.8) is 0 Å². The molecule has 0 fully saturated rings. The molecule has 28 heavy (non-hydrogen) atoms. The third-order valence-corrected chi connectivity index (χ3v) is 5.11. The third-order valence-electron chi connectivity index (χ3n) is 5.11. The Balaban J connectivity index is 1.75. The third kappa shape index (κ3) is 3.15. The Hall–Kier alpha value is -3.48. The maximum atomic E-state index is 13.3. The van der Waals surface area contributed by atoms with E-state index in [0.717, 1.165) is 16.7 Å². The monoisotopic (exact) mass is 380 g/mol. The summed E-state index contributed by atoms with van der Waals surface area (Å²) in [5.41, 5.74) is 2.62. The summed E-state index contributed by atoms with van der Waals surface area (Å²) >= 11 is 0.